The number of amides is 2. The van der Waals surface area contributed by atoms with Crippen molar-refractivity contribution < 1.29 is 60.1 Å². The van der Waals surface area contributed by atoms with Crippen LogP contribution in [0.4, 0.5) is 26.3 Å². The number of alkyl halides is 6. The summed E-state index contributed by atoms with van der Waals surface area (Å²) in [6.45, 7) is 9.09. The monoisotopic (exact) mass is 1460 g/mol. The van der Waals surface area contributed by atoms with Gasteiger partial charge in [-0.15, -0.1) is 12.4 Å². The smallest absolute Gasteiger partial charge is 0.302 e. The summed E-state index contributed by atoms with van der Waals surface area (Å²) in [6, 6.07) is 13.6. The van der Waals surface area contributed by atoms with Crippen LogP contribution in [0.3, 0.4) is 0 Å². The van der Waals surface area contributed by atoms with Gasteiger partial charge in [-0.25, -0.2) is 26.3 Å². The number of halogens is 11. The lowest BCUT2D eigenvalue weighted by atomic mass is 9.87. The Morgan fingerprint density at radius 1 is 0.544 bits per heavy atom. The van der Waals surface area contributed by atoms with E-state index in [9.17, 15) is 65.0 Å². The third kappa shape index (κ3) is 20.3. The molecule has 0 radical (unpaired) electrons. The number of ether oxygens (including phenoxy) is 2. The van der Waals surface area contributed by atoms with Gasteiger partial charge in [0, 0.05) is 120 Å². The maximum atomic E-state index is 13.3. The maximum absolute atomic E-state index is 13.3. The average molecular weight is 1460 g/mol. The van der Waals surface area contributed by atoms with Gasteiger partial charge in [-0.1, -0.05) is 34.8 Å². The van der Waals surface area contributed by atoms with Gasteiger partial charge in [0.15, 0.2) is 0 Å². The van der Waals surface area contributed by atoms with Gasteiger partial charge in [0.25, 0.3) is 28.5 Å². The van der Waals surface area contributed by atoms with Gasteiger partial charge in [-0.3, -0.25) is 33.6 Å². The van der Waals surface area contributed by atoms with Crippen LogP contribution in [0.2, 0.25) is 15.1 Å². The molecule has 0 spiro atoms. The second kappa shape index (κ2) is 33.4. The van der Waals surface area contributed by atoms with E-state index in [0.29, 0.717) is 89.5 Å². The molecule has 3 atom stereocenters. The van der Waals surface area contributed by atoms with Crippen LogP contribution >= 0.6 is 69.8 Å². The molecule has 2 amide bonds. The van der Waals surface area contributed by atoms with Crippen LogP contribution in [0.5, 0.6) is 0 Å². The topological polar surface area (TPSA) is 223 Å². The van der Waals surface area contributed by atoms with Crippen molar-refractivity contribution in [3.05, 3.63) is 134 Å². The lowest BCUT2D eigenvalue weighted by Gasteiger charge is -2.28. The lowest BCUT2D eigenvalue weighted by Crippen LogP contribution is -2.34. The van der Waals surface area contributed by atoms with Crippen molar-refractivity contribution in [1.82, 2.24) is 24.3 Å². The summed E-state index contributed by atoms with van der Waals surface area (Å²) in [5.74, 6) is -8.96. The molecule has 0 unspecified atom stereocenters. The fourth-order valence-electron chi connectivity index (χ4n) is 10.7. The van der Waals surface area contributed by atoms with E-state index in [1.165, 1.54) is 47.5 Å². The highest BCUT2D eigenvalue weighted by Gasteiger charge is 2.37. The maximum Gasteiger partial charge on any atom is 0.302 e. The Labute approximate surface area is 551 Å². The Morgan fingerprint density at radius 2 is 0.856 bits per heavy atom. The minimum absolute atomic E-state index is 0. The Kier molecular flexibility index (Phi) is 27.9. The first kappa shape index (κ1) is 75.3. The SMILES string of the molecule is CC(=O)OC[C@@H](C)n1ccc2c(C(=O)NCC3CCC(F)(F)CC3)c(Cl)ccc2c1=O.CC(=O)OC[C@@H](C)n1ccc2c(I)c(Cl)ccc2c1=O.C[C@H](CO)n1ccc2c(C(=O)NCC3CCC(F)(F)CC3)c(Cl)ccc2c1=O.Cl.NCC1CCC(F)(F)CC1. The van der Waals surface area contributed by atoms with Gasteiger partial charge < -0.3 is 44.6 Å². The lowest BCUT2D eigenvalue weighted by molar-refractivity contribution is -0.142. The molecule has 27 heteroatoms. The van der Waals surface area contributed by atoms with E-state index in [1.54, 1.807) is 61.0 Å². The number of nitrogens with two attached hydrogens (primary N) is 1. The van der Waals surface area contributed by atoms with Crippen molar-refractivity contribution in [1.29, 1.82) is 0 Å². The summed E-state index contributed by atoms with van der Waals surface area (Å²) >= 11 is 20.7. The molecule has 0 saturated heterocycles. The van der Waals surface area contributed by atoms with E-state index in [0.717, 1.165) is 8.96 Å². The molecule has 3 saturated carbocycles. The number of esters is 2. The van der Waals surface area contributed by atoms with Gasteiger partial charge in [0.05, 0.1) is 50.9 Å². The zero-order valence-corrected chi connectivity index (χ0v) is 55.6. The number of benzene rings is 3. The molecule has 3 aromatic carbocycles. The first-order valence-electron chi connectivity index (χ1n) is 29.3. The van der Waals surface area contributed by atoms with Crippen LogP contribution in [-0.2, 0) is 19.1 Å². The van der Waals surface area contributed by atoms with Gasteiger partial charge in [-0.2, -0.15) is 0 Å². The molecule has 6 aromatic rings. The van der Waals surface area contributed by atoms with Crippen LogP contribution in [0, 0.1) is 21.3 Å². The Bertz CT molecular complexity index is 3680. The molecule has 0 bridgehead atoms. The standard InChI is InChI=1S/C22H25ClF2N2O4.C20H23ClF2N2O3.C14H13ClINO3.C7H13F2N.ClH/c1-13(12-31-14(2)28)27-10-7-16-17(21(27)30)3-4-18(23)19(16)20(29)26-11-15-5-8-22(24,25)9-6-15;1-12(11-26)25-9-6-14-15(19(25)28)2-3-16(21)17(14)18(27)24-10-13-4-7-20(22,23)8-5-13;1-8(7-20-9(2)18)17-6-5-10-11(14(17)19)3-4-12(15)13(10)16;8-7(9)3-1-6(5-10)2-4-7;/h3-4,7,10,13,15H,5-6,8-9,11-12H2,1-2H3,(H,26,29);2-3,6,9,12-13,26H,4-5,7-8,10-11H2,1H3,(H,24,27);3-6,8H,7H2,1-2H3;6H,1-5,10H2;1H/t13-;12-;8-;;/m111../s1. The minimum atomic E-state index is -2.62. The third-order valence-corrected chi connectivity index (χ3v) is 18.7. The number of pyridine rings is 3. The zero-order valence-electron chi connectivity index (χ0n) is 50.3. The van der Waals surface area contributed by atoms with E-state index in [2.05, 4.69) is 33.2 Å². The number of fused-ring (bicyclic) bond motifs is 3. The normalized spacial score (nSPS) is 17.3. The van der Waals surface area contributed by atoms with E-state index in [4.69, 9.17) is 50.0 Å². The second-order valence-electron chi connectivity index (χ2n) is 23.1. The molecule has 90 heavy (non-hydrogen) atoms. The first-order chi connectivity index (χ1) is 41.9. The molecule has 3 aliphatic rings. The number of nitrogens with zero attached hydrogens (tertiary/aromatic N) is 3. The highest BCUT2D eigenvalue weighted by Crippen LogP contribution is 2.38. The van der Waals surface area contributed by atoms with Gasteiger partial charge in [0.1, 0.15) is 13.2 Å². The van der Waals surface area contributed by atoms with E-state index in [1.807, 2.05) is 13.0 Å². The van der Waals surface area contributed by atoms with Crippen LogP contribution in [0.1, 0.15) is 151 Å². The highest BCUT2D eigenvalue weighted by atomic mass is 127. The van der Waals surface area contributed by atoms with Gasteiger partial charge in [0.2, 0.25) is 17.8 Å². The van der Waals surface area contributed by atoms with E-state index in [-0.39, 0.29) is 139 Å². The molecule has 494 valence electrons. The predicted octanol–water partition coefficient (Wildman–Crippen LogP) is 13.7. The molecule has 16 nitrogen and oxygen atoms in total. The number of carbonyl (C=O) groups is 4. The fraction of sp³-hybridized carbons (Fsp3) is 0.508. The fourth-order valence-corrected chi connectivity index (χ4v) is 12.0. The molecule has 9 rings (SSSR count). The van der Waals surface area contributed by atoms with Gasteiger partial charge >= 0.3 is 11.9 Å². The third-order valence-electron chi connectivity index (χ3n) is 16.3. The quantitative estimate of drug-likeness (QED) is 0.0430. The van der Waals surface area contributed by atoms with Crippen LogP contribution < -0.4 is 33.0 Å². The summed E-state index contributed by atoms with van der Waals surface area (Å²) < 4.78 is 93.3. The molecule has 3 aromatic heterocycles. The summed E-state index contributed by atoms with van der Waals surface area (Å²) in [7, 11) is 0. The average Bonchev–Trinajstić information content (AvgIpc) is 0.848. The first-order valence-corrected chi connectivity index (χ1v) is 31.5. The van der Waals surface area contributed by atoms with Crippen molar-refractivity contribution in [2.45, 2.75) is 148 Å². The number of aliphatic hydroxyl groups is 1. The molecular formula is C63H75Cl4F6IN6O10. The Balaban J connectivity index is 0.000000230. The van der Waals surface area contributed by atoms with Crippen LogP contribution in [-0.4, -0.2) is 99.8 Å². The minimum Gasteiger partial charge on any atom is -0.464 e. The molecule has 5 N–H and O–H groups in total. The molecule has 3 heterocycles. The number of aliphatic hydroxyl groups excluding tert-OH is 1. The number of carbonyl (C=O) groups excluding carboxylic acids is 4. The Morgan fingerprint density at radius 3 is 1.19 bits per heavy atom. The molecule has 3 aliphatic carbocycles. The number of hydrogen-bond acceptors (Lipinski definition) is 11. The molecule has 3 fully saturated rings. The van der Waals surface area contributed by atoms with Gasteiger partial charge in [-0.05, 0) is 161 Å². The second-order valence-corrected chi connectivity index (χ2v) is 25.4. The summed E-state index contributed by atoms with van der Waals surface area (Å²) in [6.07, 6.45) is 6.80. The van der Waals surface area contributed by atoms with Crippen molar-refractivity contribution in [2.75, 3.05) is 39.5 Å². The highest BCUT2D eigenvalue weighted by molar-refractivity contribution is 14.1. The zero-order chi connectivity index (χ0) is 65.7. The van der Waals surface area contributed by atoms with Crippen LogP contribution in [0.25, 0.3) is 32.3 Å². The molecular weight excluding hydrogens is 1380 g/mol. The number of nitrogens with one attached hydrogen (secondary N) is 2. The summed E-state index contributed by atoms with van der Waals surface area (Å²) in [5.41, 5.74) is 4.95. The molecule has 0 aliphatic heterocycles. The summed E-state index contributed by atoms with van der Waals surface area (Å²) in [5, 5.41) is 18.8. The van der Waals surface area contributed by atoms with Crippen molar-refractivity contribution in [2.24, 2.45) is 23.5 Å². The van der Waals surface area contributed by atoms with E-state index >= 15 is 0 Å². The van der Waals surface area contributed by atoms with Crippen molar-refractivity contribution in [3.63, 3.8) is 0 Å². The van der Waals surface area contributed by atoms with Crippen molar-refractivity contribution in [3.8, 4) is 0 Å². The number of hydrogen-bond donors (Lipinski definition) is 4. The number of aromatic nitrogens is 3. The number of rotatable bonds is 15. The predicted molar refractivity (Wildman–Crippen MR) is 349 cm³/mol. The summed E-state index contributed by atoms with van der Waals surface area (Å²) in [4.78, 5) is 85.5. The Hall–Kier alpha value is -5.44. The van der Waals surface area contributed by atoms with Crippen molar-refractivity contribution >= 4 is 126 Å². The van der Waals surface area contributed by atoms with Crippen LogP contribution in [0.15, 0.2) is 87.6 Å². The largest absolute Gasteiger partial charge is 0.464 e. The van der Waals surface area contributed by atoms with E-state index < -0.39 is 47.6 Å².